The number of benzene rings is 3. The monoisotopic (exact) mass is 472 g/mol. The number of aromatic hydroxyl groups is 1. The van der Waals surface area contributed by atoms with Crippen LogP contribution >= 0.6 is 0 Å². The van der Waals surface area contributed by atoms with Gasteiger partial charge in [0.2, 0.25) is 0 Å². The van der Waals surface area contributed by atoms with Gasteiger partial charge in [0.25, 0.3) is 10.1 Å². The third kappa shape index (κ3) is 5.32. The van der Waals surface area contributed by atoms with Crippen LogP contribution in [0.25, 0.3) is 10.8 Å². The van der Waals surface area contributed by atoms with Gasteiger partial charge < -0.3 is 9.66 Å². The summed E-state index contributed by atoms with van der Waals surface area (Å²) < 4.78 is 66.7. The van der Waals surface area contributed by atoms with Crippen LogP contribution in [-0.2, 0) is 20.2 Å². The first-order chi connectivity index (χ1) is 13.8. The zero-order valence-corrected chi connectivity index (χ0v) is 20.7. The Kier molecular flexibility index (Phi) is 7.33. The molecule has 0 unspecified atom stereocenters. The summed E-state index contributed by atoms with van der Waals surface area (Å²) in [5.41, 5.74) is 2.95. The largest absolute Gasteiger partial charge is 1.00 e. The fourth-order valence-corrected chi connectivity index (χ4v) is 4.06. The van der Waals surface area contributed by atoms with Crippen molar-refractivity contribution in [2.45, 2.75) is 30.6 Å². The number of nitrogens with zero attached hydrogens (tertiary/aromatic N) is 2. The van der Waals surface area contributed by atoms with E-state index in [9.17, 15) is 31.0 Å². The number of rotatable bonds is 4. The van der Waals surface area contributed by atoms with Crippen LogP contribution in [0.1, 0.15) is 16.7 Å². The molecule has 3 aromatic rings. The fourth-order valence-electron chi connectivity index (χ4n) is 2.94. The van der Waals surface area contributed by atoms with Crippen molar-refractivity contribution in [1.82, 2.24) is 0 Å². The summed E-state index contributed by atoms with van der Waals surface area (Å²) in [4.78, 5) is -1.49. The maximum atomic E-state index is 11.7. The summed E-state index contributed by atoms with van der Waals surface area (Å²) in [7, 11) is -9.69. The van der Waals surface area contributed by atoms with E-state index in [-0.39, 0.29) is 46.0 Å². The summed E-state index contributed by atoms with van der Waals surface area (Å²) in [6.07, 6.45) is 0. The molecule has 3 rings (SSSR count). The molecule has 9 nitrogen and oxygen atoms in total. The molecule has 0 aliphatic rings. The summed E-state index contributed by atoms with van der Waals surface area (Å²) in [5.74, 6) is -0.854. The van der Waals surface area contributed by atoms with Crippen LogP contribution in [0.15, 0.2) is 56.4 Å². The first kappa shape index (κ1) is 25.4. The normalized spacial score (nSPS) is 12.3. The molecule has 0 bridgehead atoms. The van der Waals surface area contributed by atoms with Gasteiger partial charge in [0.1, 0.15) is 20.7 Å². The molecule has 0 saturated carbocycles. The quantitative estimate of drug-likeness (QED) is 0.326. The Balaban J connectivity index is 0.00000341. The molecular formula is C19H17N2NaO7S2. The molecule has 0 aliphatic carbocycles. The first-order valence-corrected chi connectivity index (χ1v) is 11.4. The minimum absolute atomic E-state index is 0. The molecule has 12 heteroatoms. The van der Waals surface area contributed by atoms with Gasteiger partial charge in [-0.3, -0.25) is 4.55 Å². The van der Waals surface area contributed by atoms with E-state index in [2.05, 4.69) is 10.2 Å². The average Bonchev–Trinajstić information content (AvgIpc) is 2.62. The van der Waals surface area contributed by atoms with E-state index in [0.29, 0.717) is 5.69 Å². The van der Waals surface area contributed by atoms with E-state index in [1.54, 1.807) is 13.0 Å². The van der Waals surface area contributed by atoms with Gasteiger partial charge in [0, 0.05) is 5.39 Å². The number of fused-ring (bicyclic) bond motifs is 1. The van der Waals surface area contributed by atoms with Gasteiger partial charge in [-0.15, -0.1) is 5.11 Å². The number of phenolic OH excluding ortho intramolecular Hbond substituents is 1. The van der Waals surface area contributed by atoms with Gasteiger partial charge in [-0.25, -0.2) is 8.42 Å². The maximum absolute atomic E-state index is 11.7. The van der Waals surface area contributed by atoms with Gasteiger partial charge in [-0.05, 0) is 67.1 Å². The van der Waals surface area contributed by atoms with Crippen molar-refractivity contribution in [2.24, 2.45) is 10.2 Å². The van der Waals surface area contributed by atoms with Crippen molar-refractivity contribution in [1.29, 1.82) is 0 Å². The molecule has 0 fully saturated rings. The Morgan fingerprint density at radius 2 is 1.48 bits per heavy atom. The Bertz CT molecular complexity index is 1430. The first-order valence-electron chi connectivity index (χ1n) is 8.52. The molecule has 3 aromatic carbocycles. The second kappa shape index (κ2) is 8.94. The smallest absolute Gasteiger partial charge is 0.744 e. The van der Waals surface area contributed by atoms with Crippen molar-refractivity contribution in [3.05, 3.63) is 53.1 Å². The van der Waals surface area contributed by atoms with Crippen molar-refractivity contribution >= 4 is 42.4 Å². The van der Waals surface area contributed by atoms with Gasteiger partial charge >= 0.3 is 29.6 Å². The van der Waals surface area contributed by atoms with E-state index in [1.165, 1.54) is 6.07 Å². The average molecular weight is 472 g/mol. The number of hydrogen-bond donors (Lipinski definition) is 2. The molecule has 0 saturated heterocycles. The minimum Gasteiger partial charge on any atom is -0.744 e. The van der Waals surface area contributed by atoms with E-state index >= 15 is 0 Å². The van der Waals surface area contributed by atoms with Crippen LogP contribution in [0.3, 0.4) is 0 Å². The Morgan fingerprint density at radius 3 is 2.06 bits per heavy atom. The van der Waals surface area contributed by atoms with Crippen molar-refractivity contribution in [2.75, 3.05) is 0 Å². The predicted octanol–water partition coefficient (Wildman–Crippen LogP) is 1.04. The van der Waals surface area contributed by atoms with E-state index in [1.807, 2.05) is 19.9 Å². The molecule has 0 amide bonds. The molecule has 158 valence electrons. The molecule has 0 heterocycles. The van der Waals surface area contributed by atoms with Gasteiger partial charge in [-0.1, -0.05) is 12.1 Å². The fraction of sp³-hybridized carbons (Fsp3) is 0.158. The molecule has 0 atom stereocenters. The van der Waals surface area contributed by atoms with Crippen molar-refractivity contribution in [3.63, 3.8) is 0 Å². The van der Waals surface area contributed by atoms with Crippen LogP contribution in [0.5, 0.6) is 5.75 Å². The van der Waals surface area contributed by atoms with E-state index in [4.69, 9.17) is 0 Å². The van der Waals surface area contributed by atoms with Crippen LogP contribution in [0, 0.1) is 20.8 Å². The molecule has 0 aromatic heterocycles. The van der Waals surface area contributed by atoms with Gasteiger partial charge in [0.15, 0.2) is 5.75 Å². The number of azo groups is 1. The Labute approximate surface area is 201 Å². The standard InChI is InChI=1S/C19H18N2O7S2.Na/c1-10-6-12(3)16(7-11(10)2)20-21-18-15-5-4-14(29(23,24)25)8-13(15)9-17(19(18)22)30(26,27)28;/h4-9,22H,1-3H3,(H,23,24,25)(H,26,27,28);/q;+1/p-1. The minimum atomic E-state index is -4.88. The van der Waals surface area contributed by atoms with Crippen molar-refractivity contribution < 1.29 is 60.6 Å². The molecule has 2 N–H and O–H groups in total. The van der Waals surface area contributed by atoms with Gasteiger partial charge in [0.05, 0.1) is 10.6 Å². The Hall–Kier alpha value is -1.86. The van der Waals surface area contributed by atoms with Crippen molar-refractivity contribution in [3.8, 4) is 5.75 Å². The third-order valence-corrected chi connectivity index (χ3v) is 6.36. The molecular weight excluding hydrogens is 455 g/mol. The summed E-state index contributed by atoms with van der Waals surface area (Å²) >= 11 is 0. The zero-order chi connectivity index (χ0) is 22.4. The van der Waals surface area contributed by atoms with Gasteiger partial charge in [-0.2, -0.15) is 13.5 Å². The number of aryl methyl sites for hydroxylation is 3. The van der Waals surface area contributed by atoms with Crippen LogP contribution in [-0.4, -0.2) is 31.0 Å². The second-order valence-corrected chi connectivity index (χ2v) is 9.58. The topological polar surface area (TPSA) is 157 Å². The molecule has 31 heavy (non-hydrogen) atoms. The summed E-state index contributed by atoms with van der Waals surface area (Å²) in [6.45, 7) is 5.61. The molecule has 0 spiro atoms. The van der Waals surface area contributed by atoms with Crippen LogP contribution in [0.4, 0.5) is 11.4 Å². The zero-order valence-electron chi connectivity index (χ0n) is 17.1. The van der Waals surface area contributed by atoms with Crippen LogP contribution in [0.2, 0.25) is 0 Å². The number of hydrogen-bond acceptors (Lipinski definition) is 8. The maximum Gasteiger partial charge on any atom is 1.00 e. The summed E-state index contributed by atoms with van der Waals surface area (Å²) in [6, 6.07) is 7.66. The van der Waals surface area contributed by atoms with E-state index in [0.717, 1.165) is 34.9 Å². The Morgan fingerprint density at radius 1 is 0.871 bits per heavy atom. The molecule has 0 radical (unpaired) electrons. The van der Waals surface area contributed by atoms with E-state index < -0.39 is 35.8 Å². The third-order valence-electron chi connectivity index (χ3n) is 4.66. The van der Waals surface area contributed by atoms with Crippen LogP contribution < -0.4 is 29.6 Å². The summed E-state index contributed by atoms with van der Waals surface area (Å²) in [5, 5.41) is 18.6. The second-order valence-electron chi connectivity index (χ2n) is 6.81. The SMILES string of the molecule is Cc1cc(C)c(N=Nc2c(O)c(S(=O)(=O)O)cc3cc(S(=O)(=O)[O-])ccc23)cc1C.[Na+]. The molecule has 0 aliphatic heterocycles. The number of phenols is 1. The predicted molar refractivity (Wildman–Crippen MR) is 108 cm³/mol.